The molecule has 4 heterocycles. The molecule has 0 aliphatic carbocycles. The normalized spacial score (nSPS) is 16.5. The van der Waals surface area contributed by atoms with Gasteiger partial charge >= 0.3 is 0 Å². The number of anilines is 2. The Balaban J connectivity index is 1.35. The van der Waals surface area contributed by atoms with E-state index in [1.54, 1.807) is 31.0 Å². The monoisotopic (exact) mass is 400 g/mol. The van der Waals surface area contributed by atoms with Gasteiger partial charge in [0.15, 0.2) is 0 Å². The number of amides is 1. The minimum atomic E-state index is 0.0451. The largest absolute Gasteiger partial charge is 0.339 e. The average Bonchev–Trinajstić information content (AvgIpc) is 2.79. The molecule has 1 amide bonds. The average molecular weight is 400 g/mol. The van der Waals surface area contributed by atoms with E-state index in [4.69, 9.17) is 0 Å². The summed E-state index contributed by atoms with van der Waals surface area (Å²) in [6.07, 6.45) is 13.1. The van der Waals surface area contributed by atoms with Crippen LogP contribution >= 0.6 is 0 Å². The van der Waals surface area contributed by atoms with Gasteiger partial charge in [0.1, 0.15) is 18.0 Å². The number of carbonyl (C=O) groups excluding carboxylic acids is 1. The highest BCUT2D eigenvalue weighted by Crippen LogP contribution is 2.22. The zero-order valence-corrected chi connectivity index (χ0v) is 16.7. The van der Waals surface area contributed by atoms with E-state index in [0.717, 1.165) is 55.2 Å². The minimum Gasteiger partial charge on any atom is -0.339 e. The molecule has 7 nitrogen and oxygen atoms in total. The van der Waals surface area contributed by atoms with E-state index in [2.05, 4.69) is 25.3 Å². The molecular weight excluding hydrogens is 376 g/mol. The van der Waals surface area contributed by atoms with E-state index in [0.29, 0.717) is 5.92 Å². The topological polar surface area (TPSA) is 83.9 Å². The van der Waals surface area contributed by atoms with Crippen LogP contribution < -0.4 is 5.32 Å². The van der Waals surface area contributed by atoms with E-state index in [9.17, 15) is 4.79 Å². The van der Waals surface area contributed by atoms with Gasteiger partial charge in [-0.15, -0.1) is 0 Å². The van der Waals surface area contributed by atoms with Gasteiger partial charge in [-0.3, -0.25) is 9.78 Å². The van der Waals surface area contributed by atoms with Crippen molar-refractivity contribution < 1.29 is 4.79 Å². The van der Waals surface area contributed by atoms with E-state index in [-0.39, 0.29) is 5.91 Å². The quantitative estimate of drug-likeness (QED) is 0.638. The first-order chi connectivity index (χ1) is 14.8. The van der Waals surface area contributed by atoms with Crippen molar-refractivity contribution in [3.05, 3.63) is 78.6 Å². The van der Waals surface area contributed by atoms with Crippen molar-refractivity contribution >= 4 is 23.6 Å². The lowest BCUT2D eigenvalue weighted by atomic mass is 9.93. The number of piperidine rings is 1. The number of hydrogen-bond acceptors (Lipinski definition) is 6. The van der Waals surface area contributed by atoms with Crippen LogP contribution in [0.5, 0.6) is 0 Å². The zero-order chi connectivity index (χ0) is 20.6. The number of aromatic nitrogens is 4. The fourth-order valence-electron chi connectivity index (χ4n) is 3.62. The van der Waals surface area contributed by atoms with Gasteiger partial charge in [0.2, 0.25) is 5.91 Å². The molecule has 0 radical (unpaired) electrons. The third-order valence-electron chi connectivity index (χ3n) is 5.08. The standard InChI is InChI=1S/C23H24N6O/c30-23(9-8-18-5-3-10-24-15-18)29-12-4-6-19(16-29)13-20-14-22(27-17-26-20)28-21-7-1-2-11-25-21/h1-3,5,7-11,14-15,17,19H,4,6,12-13,16H2,(H,25,26,27,28)/b9-8+. The smallest absolute Gasteiger partial charge is 0.246 e. The minimum absolute atomic E-state index is 0.0451. The molecule has 1 atom stereocenters. The third-order valence-corrected chi connectivity index (χ3v) is 5.08. The maximum atomic E-state index is 12.6. The molecule has 0 saturated carbocycles. The Morgan fingerprint density at radius 3 is 2.93 bits per heavy atom. The molecule has 1 unspecified atom stereocenters. The highest BCUT2D eigenvalue weighted by Gasteiger charge is 2.23. The second-order valence-corrected chi connectivity index (χ2v) is 7.35. The summed E-state index contributed by atoms with van der Waals surface area (Å²) in [5.41, 5.74) is 1.89. The van der Waals surface area contributed by atoms with Crippen LogP contribution in [0.15, 0.2) is 67.4 Å². The summed E-state index contributed by atoms with van der Waals surface area (Å²) in [5, 5.41) is 3.20. The molecule has 1 aliphatic rings. The Morgan fingerprint density at radius 1 is 1.13 bits per heavy atom. The van der Waals surface area contributed by atoms with Crippen LogP contribution in [0, 0.1) is 5.92 Å². The van der Waals surface area contributed by atoms with Gasteiger partial charge in [0.25, 0.3) is 0 Å². The first-order valence-electron chi connectivity index (χ1n) is 10.1. The molecule has 7 heteroatoms. The van der Waals surface area contributed by atoms with Crippen LogP contribution in [-0.4, -0.2) is 43.8 Å². The molecule has 3 aromatic heterocycles. The van der Waals surface area contributed by atoms with Gasteiger partial charge in [-0.25, -0.2) is 15.0 Å². The van der Waals surface area contributed by atoms with Crippen LogP contribution in [0.4, 0.5) is 11.6 Å². The molecule has 0 bridgehead atoms. The van der Waals surface area contributed by atoms with Gasteiger partial charge in [0, 0.05) is 49.5 Å². The molecule has 0 aromatic carbocycles. The van der Waals surface area contributed by atoms with Crippen molar-refractivity contribution in [2.75, 3.05) is 18.4 Å². The molecule has 1 N–H and O–H groups in total. The van der Waals surface area contributed by atoms with Crippen molar-refractivity contribution in [3.63, 3.8) is 0 Å². The zero-order valence-electron chi connectivity index (χ0n) is 16.7. The summed E-state index contributed by atoms with van der Waals surface area (Å²) in [7, 11) is 0. The van der Waals surface area contributed by atoms with Crippen molar-refractivity contribution in [2.24, 2.45) is 5.92 Å². The first kappa shape index (κ1) is 19.7. The number of likely N-dealkylation sites (tertiary alicyclic amines) is 1. The Labute approximate surface area is 175 Å². The maximum Gasteiger partial charge on any atom is 0.246 e. The molecule has 152 valence electrons. The fourth-order valence-corrected chi connectivity index (χ4v) is 3.62. The van der Waals surface area contributed by atoms with Crippen LogP contribution in [-0.2, 0) is 11.2 Å². The molecule has 0 spiro atoms. The van der Waals surface area contributed by atoms with Crippen LogP contribution in [0.3, 0.4) is 0 Å². The molecule has 1 saturated heterocycles. The van der Waals surface area contributed by atoms with Crippen LogP contribution in [0.25, 0.3) is 6.08 Å². The maximum absolute atomic E-state index is 12.6. The SMILES string of the molecule is O=C(/C=C/c1cccnc1)N1CCCC(Cc2cc(Nc3ccccn3)ncn2)C1. The number of nitrogens with one attached hydrogen (secondary N) is 1. The van der Waals surface area contributed by atoms with E-state index in [1.165, 1.54) is 0 Å². The van der Waals surface area contributed by atoms with E-state index in [1.807, 2.05) is 47.4 Å². The summed E-state index contributed by atoms with van der Waals surface area (Å²) >= 11 is 0. The van der Waals surface area contributed by atoms with E-state index < -0.39 is 0 Å². The Kier molecular flexibility index (Phi) is 6.39. The predicted octanol–water partition coefficient (Wildman–Crippen LogP) is 3.50. The van der Waals surface area contributed by atoms with Crippen LogP contribution in [0.2, 0.25) is 0 Å². The van der Waals surface area contributed by atoms with Gasteiger partial charge in [-0.1, -0.05) is 12.1 Å². The summed E-state index contributed by atoms with van der Waals surface area (Å²) < 4.78 is 0. The number of carbonyl (C=O) groups is 1. The Morgan fingerprint density at radius 2 is 2.10 bits per heavy atom. The molecule has 1 aliphatic heterocycles. The van der Waals surface area contributed by atoms with Gasteiger partial charge in [-0.2, -0.15) is 0 Å². The Bertz CT molecular complexity index is 993. The third kappa shape index (κ3) is 5.47. The van der Waals surface area contributed by atoms with Gasteiger partial charge in [-0.05, 0) is 55.0 Å². The highest BCUT2D eigenvalue weighted by atomic mass is 16.2. The van der Waals surface area contributed by atoms with Crippen LogP contribution in [0.1, 0.15) is 24.1 Å². The number of pyridine rings is 2. The second kappa shape index (κ2) is 9.73. The van der Waals surface area contributed by atoms with Crippen molar-refractivity contribution in [1.29, 1.82) is 0 Å². The summed E-state index contributed by atoms with van der Waals surface area (Å²) in [6, 6.07) is 11.4. The predicted molar refractivity (Wildman–Crippen MR) is 116 cm³/mol. The molecule has 30 heavy (non-hydrogen) atoms. The van der Waals surface area contributed by atoms with Gasteiger partial charge in [0.05, 0.1) is 0 Å². The highest BCUT2D eigenvalue weighted by molar-refractivity contribution is 5.91. The van der Waals surface area contributed by atoms with Gasteiger partial charge < -0.3 is 10.2 Å². The fraction of sp³-hybridized carbons (Fsp3) is 0.261. The summed E-state index contributed by atoms with van der Waals surface area (Å²) in [6.45, 7) is 1.53. The Hall–Kier alpha value is -3.61. The molecule has 4 rings (SSSR count). The second-order valence-electron chi connectivity index (χ2n) is 7.35. The van der Waals surface area contributed by atoms with E-state index >= 15 is 0 Å². The number of hydrogen-bond donors (Lipinski definition) is 1. The lowest BCUT2D eigenvalue weighted by molar-refractivity contribution is -0.127. The van der Waals surface area contributed by atoms with Crippen molar-refractivity contribution in [1.82, 2.24) is 24.8 Å². The van der Waals surface area contributed by atoms with Crippen molar-refractivity contribution in [2.45, 2.75) is 19.3 Å². The lowest BCUT2D eigenvalue weighted by Crippen LogP contribution is -2.39. The lowest BCUT2D eigenvalue weighted by Gasteiger charge is -2.32. The summed E-state index contributed by atoms with van der Waals surface area (Å²) in [4.78, 5) is 31.6. The number of rotatable bonds is 6. The first-order valence-corrected chi connectivity index (χ1v) is 10.1. The molecule has 3 aromatic rings. The number of nitrogens with zero attached hydrogens (tertiary/aromatic N) is 5. The van der Waals surface area contributed by atoms with Crippen molar-refractivity contribution in [3.8, 4) is 0 Å². The molecular formula is C23H24N6O. The summed E-state index contributed by atoms with van der Waals surface area (Å²) in [5.74, 6) is 1.90. The molecule has 1 fully saturated rings.